The van der Waals surface area contributed by atoms with Gasteiger partial charge in [0.2, 0.25) is 0 Å². The molecule has 2 aromatic carbocycles. The normalized spacial score (nSPS) is 16.6. The summed E-state index contributed by atoms with van der Waals surface area (Å²) in [6.07, 6.45) is 4.43. The maximum Gasteiger partial charge on any atom is 0.253 e. The fourth-order valence-corrected chi connectivity index (χ4v) is 4.38. The number of likely N-dealkylation sites (tertiary alicyclic amines) is 1. The average molecular weight is 413 g/mol. The minimum atomic E-state index is 0.110. The lowest BCUT2D eigenvalue weighted by Gasteiger charge is -2.32. The molecule has 0 bridgehead atoms. The fraction of sp³-hybridized carbons (Fsp3) is 0.385. The molecule has 5 nitrogen and oxygen atoms in total. The summed E-state index contributed by atoms with van der Waals surface area (Å²) in [5.41, 5.74) is 7.25. The molecular formula is C26H28N4O. The summed E-state index contributed by atoms with van der Waals surface area (Å²) < 4.78 is 0. The van der Waals surface area contributed by atoms with Crippen molar-refractivity contribution < 1.29 is 4.79 Å². The second kappa shape index (κ2) is 9.26. The first-order valence-electron chi connectivity index (χ1n) is 11.1. The van der Waals surface area contributed by atoms with E-state index in [1.54, 1.807) is 0 Å². The van der Waals surface area contributed by atoms with Crippen LogP contribution in [-0.4, -0.2) is 35.3 Å². The highest BCUT2D eigenvalue weighted by Gasteiger charge is 2.25. The van der Waals surface area contributed by atoms with E-state index in [4.69, 9.17) is 5.26 Å². The summed E-state index contributed by atoms with van der Waals surface area (Å²) >= 11 is 0. The van der Waals surface area contributed by atoms with Crippen LogP contribution in [0.15, 0.2) is 52.7 Å². The Bertz CT molecular complexity index is 1070. The molecular weight excluding hydrogens is 384 g/mol. The van der Waals surface area contributed by atoms with E-state index in [0.29, 0.717) is 11.5 Å². The van der Waals surface area contributed by atoms with Crippen LogP contribution in [0.3, 0.4) is 0 Å². The molecule has 0 unspecified atom stereocenters. The van der Waals surface area contributed by atoms with Crippen molar-refractivity contribution in [1.29, 1.82) is 5.26 Å². The van der Waals surface area contributed by atoms with Gasteiger partial charge < -0.3 is 4.90 Å². The van der Waals surface area contributed by atoms with E-state index < -0.39 is 0 Å². The van der Waals surface area contributed by atoms with Crippen LogP contribution < -0.4 is 0 Å². The summed E-state index contributed by atoms with van der Waals surface area (Å²) in [6, 6.07) is 16.0. The number of piperidine rings is 1. The Morgan fingerprint density at radius 3 is 2.45 bits per heavy atom. The van der Waals surface area contributed by atoms with Crippen molar-refractivity contribution in [2.75, 3.05) is 13.1 Å². The third kappa shape index (κ3) is 4.74. The largest absolute Gasteiger partial charge is 0.339 e. The van der Waals surface area contributed by atoms with Gasteiger partial charge in [-0.05, 0) is 73.1 Å². The number of hydrogen-bond donors (Lipinski definition) is 0. The van der Waals surface area contributed by atoms with Gasteiger partial charge in [0, 0.05) is 37.2 Å². The average Bonchev–Trinajstić information content (AvgIpc) is 3.28. The van der Waals surface area contributed by atoms with Crippen LogP contribution >= 0.6 is 0 Å². The molecule has 0 aromatic heterocycles. The van der Waals surface area contributed by atoms with Gasteiger partial charge >= 0.3 is 0 Å². The van der Waals surface area contributed by atoms with E-state index in [9.17, 15) is 4.79 Å². The Labute approximate surface area is 184 Å². The first kappa shape index (κ1) is 21.0. The fourth-order valence-electron chi connectivity index (χ4n) is 4.38. The van der Waals surface area contributed by atoms with Crippen molar-refractivity contribution in [3.05, 3.63) is 70.3 Å². The molecule has 1 saturated heterocycles. The first-order chi connectivity index (χ1) is 15.1. The highest BCUT2D eigenvalue weighted by Crippen LogP contribution is 2.29. The molecule has 1 fully saturated rings. The van der Waals surface area contributed by atoms with Gasteiger partial charge in [-0.25, -0.2) is 0 Å². The van der Waals surface area contributed by atoms with Crippen LogP contribution in [0.2, 0.25) is 0 Å². The number of amides is 1. The van der Waals surface area contributed by atoms with Gasteiger partial charge in [0.15, 0.2) is 0 Å². The predicted molar refractivity (Wildman–Crippen MR) is 124 cm³/mol. The third-order valence-electron chi connectivity index (χ3n) is 6.43. The standard InChI is InChI=1S/C26H28N4O/c1-3-24-16-25(29-28-24)15-23-14-22(7-4-18(23)2)26(31)30-12-10-21(11-13-30)20-8-5-19(17-27)6-9-20/h4-9,14,21H,3,10-13,15-16H2,1-2H3. The van der Waals surface area contributed by atoms with Crippen molar-refractivity contribution in [2.45, 2.75) is 51.9 Å². The first-order valence-corrected chi connectivity index (χ1v) is 11.1. The molecule has 2 heterocycles. The number of benzene rings is 2. The maximum absolute atomic E-state index is 13.2. The van der Waals surface area contributed by atoms with Crippen LogP contribution in [0, 0.1) is 18.3 Å². The topological polar surface area (TPSA) is 68.8 Å². The zero-order valence-corrected chi connectivity index (χ0v) is 18.3. The number of rotatable bonds is 5. The second-order valence-electron chi connectivity index (χ2n) is 8.48. The Kier molecular flexibility index (Phi) is 6.27. The molecule has 2 aliphatic rings. The highest BCUT2D eigenvalue weighted by atomic mass is 16.2. The van der Waals surface area contributed by atoms with Crippen LogP contribution in [0.25, 0.3) is 0 Å². The van der Waals surface area contributed by atoms with Crippen LogP contribution in [-0.2, 0) is 6.42 Å². The van der Waals surface area contributed by atoms with E-state index in [2.05, 4.69) is 30.1 Å². The van der Waals surface area contributed by atoms with Gasteiger partial charge in [-0.3, -0.25) is 4.79 Å². The molecule has 0 atom stereocenters. The molecule has 158 valence electrons. The lowest BCUT2D eigenvalue weighted by molar-refractivity contribution is 0.0713. The van der Waals surface area contributed by atoms with Gasteiger partial charge in [0.05, 0.1) is 17.3 Å². The molecule has 4 rings (SSSR count). The van der Waals surface area contributed by atoms with Crippen molar-refractivity contribution >= 4 is 17.3 Å². The lowest BCUT2D eigenvalue weighted by Crippen LogP contribution is -2.38. The number of carbonyl (C=O) groups is 1. The molecule has 5 heteroatoms. The van der Waals surface area contributed by atoms with Crippen molar-refractivity contribution in [2.24, 2.45) is 10.2 Å². The van der Waals surface area contributed by atoms with Gasteiger partial charge in [0.1, 0.15) is 0 Å². The minimum absolute atomic E-state index is 0.110. The summed E-state index contributed by atoms with van der Waals surface area (Å²) in [5.74, 6) is 0.553. The molecule has 0 N–H and O–H groups in total. The molecule has 2 aromatic rings. The molecule has 0 spiro atoms. The number of aryl methyl sites for hydroxylation is 1. The van der Waals surface area contributed by atoms with Crippen LogP contribution in [0.5, 0.6) is 0 Å². The third-order valence-corrected chi connectivity index (χ3v) is 6.43. The van der Waals surface area contributed by atoms with E-state index >= 15 is 0 Å². The minimum Gasteiger partial charge on any atom is -0.339 e. The Morgan fingerprint density at radius 1 is 1.10 bits per heavy atom. The summed E-state index contributed by atoms with van der Waals surface area (Å²) in [6.45, 7) is 5.70. The van der Waals surface area contributed by atoms with Crippen molar-refractivity contribution in [3.8, 4) is 6.07 Å². The Balaban J connectivity index is 1.39. The second-order valence-corrected chi connectivity index (χ2v) is 8.48. The zero-order chi connectivity index (χ0) is 21.8. The molecule has 0 saturated carbocycles. The van der Waals surface area contributed by atoms with Crippen molar-refractivity contribution in [3.63, 3.8) is 0 Å². The van der Waals surface area contributed by atoms with E-state index in [1.807, 2.05) is 47.4 Å². The Morgan fingerprint density at radius 2 is 1.81 bits per heavy atom. The van der Waals surface area contributed by atoms with Gasteiger partial charge in [-0.1, -0.05) is 25.1 Å². The number of nitriles is 1. The molecule has 0 radical (unpaired) electrons. The highest BCUT2D eigenvalue weighted by molar-refractivity contribution is 6.08. The predicted octanol–water partition coefficient (Wildman–Crippen LogP) is 5.04. The summed E-state index contributed by atoms with van der Waals surface area (Å²) in [4.78, 5) is 15.1. The van der Waals surface area contributed by atoms with Crippen LogP contribution in [0.1, 0.15) is 71.1 Å². The maximum atomic E-state index is 13.2. The van der Waals surface area contributed by atoms with E-state index in [1.165, 1.54) is 11.1 Å². The summed E-state index contributed by atoms with van der Waals surface area (Å²) in [5, 5.41) is 17.6. The molecule has 2 aliphatic heterocycles. The lowest BCUT2D eigenvalue weighted by atomic mass is 9.88. The van der Waals surface area contributed by atoms with Gasteiger partial charge in [-0.2, -0.15) is 15.5 Å². The van der Waals surface area contributed by atoms with Crippen LogP contribution in [0.4, 0.5) is 0 Å². The monoisotopic (exact) mass is 412 g/mol. The van der Waals surface area contributed by atoms with E-state index in [0.717, 1.165) is 67.7 Å². The zero-order valence-electron chi connectivity index (χ0n) is 18.3. The molecule has 1 amide bonds. The van der Waals surface area contributed by atoms with Gasteiger partial charge in [-0.15, -0.1) is 0 Å². The smallest absolute Gasteiger partial charge is 0.253 e. The SMILES string of the molecule is CCC1=NN=C(Cc2cc(C(=O)N3CCC(c4ccc(C#N)cc4)CC3)ccc2C)C1. The Hall–Kier alpha value is -3.26. The number of nitrogens with zero attached hydrogens (tertiary/aromatic N) is 4. The number of hydrogen-bond acceptors (Lipinski definition) is 4. The van der Waals surface area contributed by atoms with E-state index in [-0.39, 0.29) is 5.91 Å². The van der Waals surface area contributed by atoms with Crippen molar-refractivity contribution in [1.82, 2.24) is 4.90 Å². The summed E-state index contributed by atoms with van der Waals surface area (Å²) in [7, 11) is 0. The molecule has 0 aliphatic carbocycles. The molecule has 31 heavy (non-hydrogen) atoms. The number of carbonyl (C=O) groups excluding carboxylic acids is 1. The van der Waals surface area contributed by atoms with Gasteiger partial charge in [0.25, 0.3) is 5.91 Å². The quantitative estimate of drug-likeness (QED) is 0.690.